The Hall–Kier alpha value is -1.51. The summed E-state index contributed by atoms with van der Waals surface area (Å²) in [4.78, 5) is 18.5. The van der Waals surface area contributed by atoms with Crippen LogP contribution in [0.25, 0.3) is 0 Å². The van der Waals surface area contributed by atoms with Crippen LogP contribution in [0, 0.1) is 13.8 Å². The van der Waals surface area contributed by atoms with Gasteiger partial charge < -0.3 is 4.98 Å². The van der Waals surface area contributed by atoms with Crippen LogP contribution < -0.4 is 10.3 Å². The molecule has 0 unspecified atom stereocenters. The molecule has 0 aliphatic heterocycles. The summed E-state index contributed by atoms with van der Waals surface area (Å²) in [5.74, 6) is 0. The van der Waals surface area contributed by atoms with Crippen molar-refractivity contribution in [2.45, 2.75) is 25.3 Å². The van der Waals surface area contributed by atoms with Gasteiger partial charge in [-0.15, -0.1) is 11.3 Å². The standard InChI is InChI=1S/C11H13N3O3S2/c1-7-10(18-8(2)14-7)6-13-19(16,17)9-3-4-12-11(15)5-9/h3-5,13H,6H2,1-2H3,(H,12,15). The Morgan fingerprint density at radius 2 is 2.16 bits per heavy atom. The molecule has 2 N–H and O–H groups in total. The van der Waals surface area contributed by atoms with E-state index < -0.39 is 15.6 Å². The van der Waals surface area contributed by atoms with E-state index in [0.29, 0.717) is 0 Å². The number of rotatable bonds is 4. The predicted molar refractivity (Wildman–Crippen MR) is 72.7 cm³/mol. The molecule has 0 atom stereocenters. The molecule has 0 aromatic carbocycles. The lowest BCUT2D eigenvalue weighted by Crippen LogP contribution is -2.24. The van der Waals surface area contributed by atoms with Crippen LogP contribution in [0.1, 0.15) is 15.6 Å². The molecule has 0 saturated heterocycles. The van der Waals surface area contributed by atoms with Gasteiger partial charge in [0.1, 0.15) is 0 Å². The van der Waals surface area contributed by atoms with Crippen molar-refractivity contribution in [2.75, 3.05) is 0 Å². The Morgan fingerprint density at radius 3 is 2.74 bits per heavy atom. The lowest BCUT2D eigenvalue weighted by molar-refractivity contribution is 0.581. The molecule has 0 bridgehead atoms. The van der Waals surface area contributed by atoms with E-state index in [4.69, 9.17) is 0 Å². The molecule has 2 aromatic heterocycles. The number of thiazole rings is 1. The lowest BCUT2D eigenvalue weighted by atomic mass is 10.4. The van der Waals surface area contributed by atoms with Gasteiger partial charge in [-0.05, 0) is 19.9 Å². The minimum Gasteiger partial charge on any atom is -0.329 e. The lowest BCUT2D eigenvalue weighted by Gasteiger charge is -2.05. The summed E-state index contributed by atoms with van der Waals surface area (Å²) >= 11 is 1.45. The molecule has 0 aliphatic carbocycles. The molecule has 0 spiro atoms. The van der Waals surface area contributed by atoms with E-state index in [0.717, 1.165) is 21.6 Å². The minimum atomic E-state index is -3.68. The maximum Gasteiger partial charge on any atom is 0.249 e. The minimum absolute atomic E-state index is 0.0462. The number of nitrogens with one attached hydrogen (secondary N) is 2. The van der Waals surface area contributed by atoms with Crippen LogP contribution in [0.15, 0.2) is 28.0 Å². The molecular formula is C11H13N3O3S2. The molecule has 2 aromatic rings. The van der Waals surface area contributed by atoms with Crippen molar-refractivity contribution in [3.63, 3.8) is 0 Å². The second-order valence-electron chi connectivity index (χ2n) is 3.95. The third-order valence-corrected chi connectivity index (χ3v) is 4.95. The predicted octanol–water partition coefficient (Wildman–Crippen LogP) is 0.927. The van der Waals surface area contributed by atoms with Gasteiger partial charge in [0.2, 0.25) is 15.6 Å². The molecule has 8 heteroatoms. The second kappa shape index (κ2) is 5.24. The normalized spacial score (nSPS) is 11.7. The van der Waals surface area contributed by atoms with Crippen molar-refractivity contribution in [1.82, 2.24) is 14.7 Å². The monoisotopic (exact) mass is 299 g/mol. The number of hydrogen-bond acceptors (Lipinski definition) is 5. The summed E-state index contributed by atoms with van der Waals surface area (Å²) in [6.07, 6.45) is 1.30. The zero-order valence-corrected chi connectivity index (χ0v) is 12.1. The molecule has 2 rings (SSSR count). The summed E-state index contributed by atoms with van der Waals surface area (Å²) in [5.41, 5.74) is 0.365. The third-order valence-electron chi connectivity index (χ3n) is 2.48. The summed E-state index contributed by atoms with van der Waals surface area (Å²) in [6.45, 7) is 3.87. The van der Waals surface area contributed by atoms with Gasteiger partial charge in [-0.1, -0.05) is 0 Å². The number of hydrogen-bond donors (Lipinski definition) is 2. The average molecular weight is 299 g/mol. The zero-order valence-electron chi connectivity index (χ0n) is 10.4. The van der Waals surface area contributed by atoms with Crippen molar-refractivity contribution < 1.29 is 8.42 Å². The molecule has 19 heavy (non-hydrogen) atoms. The Labute approximate surface area is 114 Å². The number of nitrogens with zero attached hydrogens (tertiary/aromatic N) is 1. The average Bonchev–Trinajstić information content (AvgIpc) is 2.65. The highest BCUT2D eigenvalue weighted by molar-refractivity contribution is 7.89. The van der Waals surface area contributed by atoms with Gasteiger partial charge in [-0.2, -0.15) is 0 Å². The first kappa shape index (κ1) is 13.9. The molecule has 6 nitrogen and oxygen atoms in total. The van der Waals surface area contributed by atoms with Crippen molar-refractivity contribution in [3.8, 4) is 0 Å². The van der Waals surface area contributed by atoms with Crippen molar-refractivity contribution in [3.05, 3.63) is 44.3 Å². The number of aromatic amines is 1. The van der Waals surface area contributed by atoms with Crippen molar-refractivity contribution in [2.24, 2.45) is 0 Å². The summed E-state index contributed by atoms with van der Waals surface area (Å²) in [5, 5.41) is 0.892. The highest BCUT2D eigenvalue weighted by Gasteiger charge is 2.15. The molecule has 0 radical (unpaired) electrons. The number of pyridine rings is 1. The van der Waals surface area contributed by atoms with Crippen LogP contribution in [0.3, 0.4) is 0 Å². The summed E-state index contributed by atoms with van der Waals surface area (Å²) in [6, 6.07) is 2.39. The van der Waals surface area contributed by atoms with E-state index >= 15 is 0 Å². The van der Waals surface area contributed by atoms with Crippen LogP contribution in [-0.4, -0.2) is 18.4 Å². The first-order valence-corrected chi connectivity index (χ1v) is 7.80. The molecular weight excluding hydrogens is 286 g/mol. The van der Waals surface area contributed by atoms with Crippen LogP contribution in [0.5, 0.6) is 0 Å². The maximum absolute atomic E-state index is 12.0. The highest BCUT2D eigenvalue weighted by Crippen LogP contribution is 2.17. The molecule has 0 aliphatic rings. The van der Waals surface area contributed by atoms with E-state index in [1.165, 1.54) is 23.6 Å². The fourth-order valence-corrected chi connectivity index (χ4v) is 3.55. The first-order chi connectivity index (χ1) is 8.88. The van der Waals surface area contributed by atoms with Crippen LogP contribution in [0.4, 0.5) is 0 Å². The molecule has 0 amide bonds. The largest absolute Gasteiger partial charge is 0.329 e. The van der Waals surface area contributed by atoms with Crippen molar-refractivity contribution >= 4 is 21.4 Å². The fraction of sp³-hybridized carbons (Fsp3) is 0.273. The van der Waals surface area contributed by atoms with Gasteiger partial charge in [-0.25, -0.2) is 18.1 Å². The van der Waals surface area contributed by atoms with Gasteiger partial charge in [0.25, 0.3) is 0 Å². The summed E-state index contributed by atoms with van der Waals surface area (Å²) < 4.78 is 26.5. The van der Waals surface area contributed by atoms with Crippen LogP contribution in [-0.2, 0) is 16.6 Å². The van der Waals surface area contributed by atoms with E-state index in [1.807, 2.05) is 13.8 Å². The molecule has 102 valence electrons. The van der Waals surface area contributed by atoms with Crippen LogP contribution in [0.2, 0.25) is 0 Å². The topological polar surface area (TPSA) is 91.9 Å². The van der Waals surface area contributed by atoms with Gasteiger partial charge in [-0.3, -0.25) is 4.79 Å². The van der Waals surface area contributed by atoms with E-state index in [2.05, 4.69) is 14.7 Å². The van der Waals surface area contributed by atoms with Crippen LogP contribution >= 0.6 is 11.3 Å². The van der Waals surface area contributed by atoms with E-state index in [1.54, 1.807) is 0 Å². The Bertz CT molecular complexity index is 747. The molecule has 0 saturated carbocycles. The SMILES string of the molecule is Cc1nc(C)c(CNS(=O)(=O)c2cc[nH]c(=O)c2)s1. The van der Waals surface area contributed by atoms with E-state index in [-0.39, 0.29) is 11.4 Å². The summed E-state index contributed by atoms with van der Waals surface area (Å²) in [7, 11) is -3.68. The molecule has 0 fully saturated rings. The second-order valence-corrected chi connectivity index (χ2v) is 7.01. The smallest absolute Gasteiger partial charge is 0.249 e. The Kier molecular flexibility index (Phi) is 3.83. The van der Waals surface area contributed by atoms with Gasteiger partial charge in [0.15, 0.2) is 0 Å². The number of aryl methyl sites for hydroxylation is 2. The van der Waals surface area contributed by atoms with Gasteiger partial charge in [0.05, 0.1) is 15.6 Å². The van der Waals surface area contributed by atoms with Gasteiger partial charge >= 0.3 is 0 Å². The maximum atomic E-state index is 12.0. The number of aromatic nitrogens is 2. The quantitative estimate of drug-likeness (QED) is 0.878. The van der Waals surface area contributed by atoms with Crippen molar-refractivity contribution in [1.29, 1.82) is 0 Å². The third kappa shape index (κ3) is 3.28. The molecule has 2 heterocycles. The van der Waals surface area contributed by atoms with E-state index in [9.17, 15) is 13.2 Å². The fourth-order valence-electron chi connectivity index (χ4n) is 1.57. The Morgan fingerprint density at radius 1 is 1.42 bits per heavy atom. The number of H-pyrrole nitrogens is 1. The van der Waals surface area contributed by atoms with Gasteiger partial charge in [0, 0.05) is 23.7 Å². The number of sulfonamides is 1. The highest BCUT2D eigenvalue weighted by atomic mass is 32.2. The Balaban J connectivity index is 2.19. The first-order valence-electron chi connectivity index (χ1n) is 5.50. The zero-order chi connectivity index (χ0) is 14.0.